The van der Waals surface area contributed by atoms with Gasteiger partial charge in [-0.2, -0.15) is 5.10 Å². The van der Waals surface area contributed by atoms with Gasteiger partial charge >= 0.3 is 0 Å². The average Bonchev–Trinajstić information content (AvgIpc) is 2.74. The summed E-state index contributed by atoms with van der Waals surface area (Å²) in [5, 5.41) is 4.76. The molecule has 3 rings (SSSR count). The number of rotatable bonds is 2. The van der Waals surface area contributed by atoms with Crippen molar-refractivity contribution in [2.45, 2.75) is 76.3 Å². The lowest BCUT2D eigenvalue weighted by molar-refractivity contribution is -0.115. The normalized spacial score (nSPS) is 26.1. The molecule has 0 amide bonds. The van der Waals surface area contributed by atoms with Gasteiger partial charge in [0.15, 0.2) is 0 Å². The third-order valence-corrected chi connectivity index (χ3v) is 5.45. The molecule has 0 bridgehead atoms. The lowest BCUT2D eigenvalue weighted by atomic mass is 9.78. The van der Waals surface area contributed by atoms with E-state index >= 15 is 0 Å². The quantitative estimate of drug-likeness (QED) is 0.761. The maximum Gasteiger partial charge on any atom is 0.0703 e. The number of halogens is 1. The summed E-state index contributed by atoms with van der Waals surface area (Å²) in [5.41, 5.74) is 3.67. The van der Waals surface area contributed by atoms with Crippen molar-refractivity contribution in [3.05, 3.63) is 17.0 Å². The number of hydrogen-bond donors (Lipinski definition) is 0. The molecule has 112 valence electrons. The summed E-state index contributed by atoms with van der Waals surface area (Å²) in [5.74, 6) is 0.562. The first-order valence-corrected chi connectivity index (χ1v) is 8.43. The first-order valence-electron chi connectivity index (χ1n) is 7.90. The molecule has 1 aliphatic carbocycles. The van der Waals surface area contributed by atoms with Crippen LogP contribution < -0.4 is 0 Å². The topological polar surface area (TPSA) is 27.1 Å². The predicted octanol–water partition coefficient (Wildman–Crippen LogP) is 4.29. The molecule has 1 aromatic rings. The first kappa shape index (κ1) is 14.4. The zero-order chi connectivity index (χ0) is 14.2. The Labute approximate surface area is 126 Å². The lowest BCUT2D eigenvalue weighted by Crippen LogP contribution is -2.42. The van der Waals surface area contributed by atoms with Crippen molar-refractivity contribution in [2.24, 2.45) is 0 Å². The standard InChI is InChI=1S/C16H25ClN2O/c1-12-15(11-17)13(2)19(18-12)14-6-9-20-16(10-14)7-4-3-5-8-16/h14H,3-11H2,1-2H3. The molecular weight excluding hydrogens is 272 g/mol. The molecule has 1 saturated carbocycles. The van der Waals surface area contributed by atoms with Gasteiger partial charge in [-0.15, -0.1) is 11.6 Å². The number of nitrogens with zero attached hydrogens (tertiary/aromatic N) is 2. The van der Waals surface area contributed by atoms with E-state index in [1.807, 2.05) is 0 Å². The Kier molecular flexibility index (Phi) is 4.09. The number of aryl methyl sites for hydroxylation is 1. The minimum absolute atomic E-state index is 0.134. The van der Waals surface area contributed by atoms with Crippen LogP contribution in [0.3, 0.4) is 0 Å². The summed E-state index contributed by atoms with van der Waals surface area (Å²) in [4.78, 5) is 0. The molecule has 1 spiro atoms. The van der Waals surface area contributed by atoms with Crippen LogP contribution in [0.1, 0.15) is 67.9 Å². The monoisotopic (exact) mass is 296 g/mol. The summed E-state index contributed by atoms with van der Waals surface area (Å²) in [6.45, 7) is 5.09. The predicted molar refractivity (Wildman–Crippen MR) is 81.3 cm³/mol. The van der Waals surface area contributed by atoms with Crippen LogP contribution in [0.15, 0.2) is 0 Å². The summed E-state index contributed by atoms with van der Waals surface area (Å²) in [6, 6.07) is 0.484. The van der Waals surface area contributed by atoms with E-state index in [-0.39, 0.29) is 5.60 Å². The Balaban J connectivity index is 1.83. The third kappa shape index (κ3) is 2.50. The molecule has 0 radical (unpaired) electrons. The molecule has 1 aromatic heterocycles. The van der Waals surface area contributed by atoms with Crippen LogP contribution in [0, 0.1) is 13.8 Å². The van der Waals surface area contributed by atoms with Crippen molar-refractivity contribution < 1.29 is 4.74 Å². The van der Waals surface area contributed by atoms with E-state index in [0.717, 1.165) is 25.1 Å². The van der Waals surface area contributed by atoms with Gasteiger partial charge in [0.1, 0.15) is 0 Å². The Morgan fingerprint density at radius 2 is 2.05 bits per heavy atom. The summed E-state index contributed by atoms with van der Waals surface area (Å²) in [7, 11) is 0. The van der Waals surface area contributed by atoms with E-state index in [0.29, 0.717) is 11.9 Å². The van der Waals surface area contributed by atoms with Crippen molar-refractivity contribution in [2.75, 3.05) is 6.61 Å². The smallest absolute Gasteiger partial charge is 0.0703 e. The molecule has 3 nitrogen and oxygen atoms in total. The zero-order valence-corrected chi connectivity index (χ0v) is 13.4. The Morgan fingerprint density at radius 1 is 1.30 bits per heavy atom. The van der Waals surface area contributed by atoms with Gasteiger partial charge in [-0.25, -0.2) is 0 Å². The second-order valence-electron chi connectivity index (χ2n) is 6.47. The lowest BCUT2D eigenvalue weighted by Gasteiger charge is -2.43. The Morgan fingerprint density at radius 3 is 2.70 bits per heavy atom. The number of aromatic nitrogens is 2. The number of ether oxygens (including phenoxy) is 1. The van der Waals surface area contributed by atoms with Gasteiger partial charge in [0, 0.05) is 17.9 Å². The highest BCUT2D eigenvalue weighted by atomic mass is 35.5. The molecule has 0 aromatic carbocycles. The summed E-state index contributed by atoms with van der Waals surface area (Å²) in [6.07, 6.45) is 8.65. The number of alkyl halides is 1. The molecule has 4 heteroatoms. The van der Waals surface area contributed by atoms with E-state index in [2.05, 4.69) is 18.5 Å². The average molecular weight is 297 g/mol. The van der Waals surface area contributed by atoms with E-state index in [9.17, 15) is 0 Å². The fraction of sp³-hybridized carbons (Fsp3) is 0.812. The van der Waals surface area contributed by atoms with Crippen molar-refractivity contribution >= 4 is 11.6 Å². The fourth-order valence-corrected chi connectivity index (χ4v) is 4.39. The van der Waals surface area contributed by atoms with E-state index < -0.39 is 0 Å². The maximum atomic E-state index is 6.19. The van der Waals surface area contributed by atoms with Gasteiger partial charge in [0.05, 0.1) is 23.2 Å². The number of hydrogen-bond acceptors (Lipinski definition) is 2. The second-order valence-corrected chi connectivity index (χ2v) is 6.73. The molecular formula is C16H25ClN2O. The van der Waals surface area contributed by atoms with Gasteiger partial charge in [-0.05, 0) is 39.5 Å². The first-order chi connectivity index (χ1) is 9.65. The van der Waals surface area contributed by atoms with Crippen LogP contribution in [0.5, 0.6) is 0 Å². The highest BCUT2D eigenvalue weighted by Gasteiger charge is 2.39. The maximum absolute atomic E-state index is 6.19. The van der Waals surface area contributed by atoms with E-state index in [1.54, 1.807) is 0 Å². The third-order valence-electron chi connectivity index (χ3n) is 5.19. The van der Waals surface area contributed by atoms with Crippen LogP contribution in [0.25, 0.3) is 0 Å². The Bertz CT molecular complexity index is 472. The molecule has 2 aliphatic rings. The molecule has 20 heavy (non-hydrogen) atoms. The van der Waals surface area contributed by atoms with Gasteiger partial charge in [-0.3, -0.25) is 4.68 Å². The molecule has 1 unspecified atom stereocenters. The minimum atomic E-state index is 0.134. The van der Waals surface area contributed by atoms with E-state index in [4.69, 9.17) is 21.4 Å². The molecule has 1 saturated heterocycles. The van der Waals surface area contributed by atoms with Crippen LogP contribution in [0.4, 0.5) is 0 Å². The molecule has 2 fully saturated rings. The van der Waals surface area contributed by atoms with Crippen LogP contribution >= 0.6 is 11.6 Å². The summed E-state index contributed by atoms with van der Waals surface area (Å²) < 4.78 is 8.42. The molecule has 0 N–H and O–H groups in total. The second kappa shape index (κ2) is 5.69. The molecule has 2 heterocycles. The van der Waals surface area contributed by atoms with Crippen LogP contribution in [-0.4, -0.2) is 22.0 Å². The van der Waals surface area contributed by atoms with Crippen molar-refractivity contribution in [3.8, 4) is 0 Å². The van der Waals surface area contributed by atoms with Crippen molar-refractivity contribution in [1.29, 1.82) is 0 Å². The summed E-state index contributed by atoms with van der Waals surface area (Å²) >= 11 is 6.05. The molecule has 1 atom stereocenters. The van der Waals surface area contributed by atoms with Crippen molar-refractivity contribution in [3.63, 3.8) is 0 Å². The van der Waals surface area contributed by atoms with Crippen LogP contribution in [-0.2, 0) is 10.6 Å². The van der Waals surface area contributed by atoms with Crippen molar-refractivity contribution in [1.82, 2.24) is 9.78 Å². The van der Waals surface area contributed by atoms with Gasteiger partial charge < -0.3 is 4.74 Å². The SMILES string of the molecule is Cc1nn(C2CCOC3(CCCCC3)C2)c(C)c1CCl. The zero-order valence-electron chi connectivity index (χ0n) is 12.6. The van der Waals surface area contributed by atoms with Gasteiger partial charge in [0.25, 0.3) is 0 Å². The highest BCUT2D eigenvalue weighted by Crippen LogP contribution is 2.42. The van der Waals surface area contributed by atoms with E-state index in [1.165, 1.54) is 43.4 Å². The largest absolute Gasteiger partial charge is 0.375 e. The highest BCUT2D eigenvalue weighted by molar-refractivity contribution is 6.17. The fourth-order valence-electron chi connectivity index (χ4n) is 4.00. The molecule has 1 aliphatic heterocycles. The van der Waals surface area contributed by atoms with Gasteiger partial charge in [-0.1, -0.05) is 19.3 Å². The van der Waals surface area contributed by atoms with Gasteiger partial charge in [0.2, 0.25) is 0 Å². The Hall–Kier alpha value is -0.540. The minimum Gasteiger partial charge on any atom is -0.375 e. The van der Waals surface area contributed by atoms with Crippen LogP contribution in [0.2, 0.25) is 0 Å².